The summed E-state index contributed by atoms with van der Waals surface area (Å²) < 4.78 is 0. The van der Waals surface area contributed by atoms with Gasteiger partial charge in [0, 0.05) is 25.0 Å². The maximum absolute atomic E-state index is 11.6. The van der Waals surface area contributed by atoms with E-state index in [2.05, 4.69) is 14.9 Å². The summed E-state index contributed by atoms with van der Waals surface area (Å²) in [5.41, 5.74) is 0.773. The second-order valence-electron chi connectivity index (χ2n) is 4.38. The van der Waals surface area contributed by atoms with E-state index in [-0.39, 0.29) is 5.56 Å². The van der Waals surface area contributed by atoms with Crippen molar-refractivity contribution in [2.75, 3.05) is 18.0 Å². The van der Waals surface area contributed by atoms with Crippen molar-refractivity contribution in [3.63, 3.8) is 0 Å². The molecule has 2 aliphatic rings. The van der Waals surface area contributed by atoms with Crippen LogP contribution >= 0.6 is 0 Å². The first-order valence-corrected chi connectivity index (χ1v) is 5.05. The molecule has 2 unspecified atom stereocenters. The molecule has 0 aromatic carbocycles. The molecule has 0 spiro atoms. The number of anilines is 1. The minimum Gasteiger partial charge on any atom is -0.351 e. The summed E-state index contributed by atoms with van der Waals surface area (Å²) in [4.78, 5) is 20.7. The van der Waals surface area contributed by atoms with E-state index in [0.717, 1.165) is 30.6 Å². The zero-order chi connectivity index (χ0) is 9.71. The number of piperidine rings is 1. The lowest BCUT2D eigenvalue weighted by molar-refractivity contribution is 0.793. The Kier molecular flexibility index (Phi) is 1.48. The lowest BCUT2D eigenvalue weighted by Gasteiger charge is -2.17. The van der Waals surface area contributed by atoms with Crippen molar-refractivity contribution in [1.82, 2.24) is 9.97 Å². The van der Waals surface area contributed by atoms with Crippen molar-refractivity contribution >= 4 is 5.82 Å². The highest BCUT2D eigenvalue weighted by Gasteiger charge is 2.45. The third kappa shape index (κ3) is 1.14. The van der Waals surface area contributed by atoms with Crippen LogP contribution in [0.1, 0.15) is 12.1 Å². The number of nitrogens with zero attached hydrogens (tertiary/aromatic N) is 2. The zero-order valence-electron chi connectivity index (χ0n) is 8.16. The van der Waals surface area contributed by atoms with Crippen LogP contribution in [0.5, 0.6) is 0 Å². The van der Waals surface area contributed by atoms with Crippen LogP contribution in [0.4, 0.5) is 5.82 Å². The lowest BCUT2D eigenvalue weighted by atomic mass is 10.4. The Balaban J connectivity index is 1.92. The number of nitrogens with one attached hydrogen (secondary N) is 1. The Morgan fingerprint density at radius 2 is 2.21 bits per heavy atom. The normalized spacial score (nSPS) is 29.1. The maximum atomic E-state index is 11.6. The van der Waals surface area contributed by atoms with E-state index >= 15 is 0 Å². The molecule has 1 aliphatic heterocycles. The smallest absolute Gasteiger partial charge is 0.291 e. The number of fused-ring (bicyclic) bond motifs is 1. The molecule has 1 N–H and O–H groups in total. The van der Waals surface area contributed by atoms with E-state index in [4.69, 9.17) is 0 Å². The van der Waals surface area contributed by atoms with Crippen LogP contribution in [0.3, 0.4) is 0 Å². The first kappa shape index (κ1) is 8.03. The molecule has 2 fully saturated rings. The average Bonchev–Trinajstić information content (AvgIpc) is 2.74. The van der Waals surface area contributed by atoms with Gasteiger partial charge in [0.25, 0.3) is 5.56 Å². The van der Waals surface area contributed by atoms with Crippen molar-refractivity contribution in [1.29, 1.82) is 0 Å². The van der Waals surface area contributed by atoms with Crippen molar-refractivity contribution < 1.29 is 0 Å². The number of hydrogen-bond acceptors (Lipinski definition) is 3. The summed E-state index contributed by atoms with van der Waals surface area (Å²) in [5.74, 6) is 2.26. The van der Waals surface area contributed by atoms with Gasteiger partial charge in [-0.15, -0.1) is 0 Å². The van der Waals surface area contributed by atoms with E-state index in [1.165, 1.54) is 6.42 Å². The SMILES string of the molecule is Cc1cnc(N2CC3CC3C2)c(=O)[nH]1. The minimum absolute atomic E-state index is 0.0497. The van der Waals surface area contributed by atoms with Gasteiger partial charge in [-0.3, -0.25) is 4.79 Å². The van der Waals surface area contributed by atoms with Gasteiger partial charge in [-0.05, 0) is 25.2 Å². The molecule has 1 aliphatic carbocycles. The monoisotopic (exact) mass is 191 g/mol. The third-order valence-electron chi connectivity index (χ3n) is 3.17. The molecule has 1 aromatic rings. The molecule has 0 radical (unpaired) electrons. The Morgan fingerprint density at radius 3 is 2.86 bits per heavy atom. The molecule has 2 heterocycles. The van der Waals surface area contributed by atoms with Crippen LogP contribution in [0, 0.1) is 18.8 Å². The highest BCUT2D eigenvalue weighted by molar-refractivity contribution is 5.39. The summed E-state index contributed by atoms with van der Waals surface area (Å²) in [6.07, 6.45) is 3.07. The van der Waals surface area contributed by atoms with Crippen molar-refractivity contribution in [3.05, 3.63) is 22.2 Å². The van der Waals surface area contributed by atoms with Crippen LogP contribution in [-0.2, 0) is 0 Å². The second kappa shape index (κ2) is 2.59. The number of hydrogen-bond donors (Lipinski definition) is 1. The summed E-state index contributed by atoms with van der Waals surface area (Å²) >= 11 is 0. The van der Waals surface area contributed by atoms with Crippen LogP contribution in [0.2, 0.25) is 0 Å². The average molecular weight is 191 g/mol. The third-order valence-corrected chi connectivity index (χ3v) is 3.17. The van der Waals surface area contributed by atoms with Crippen LogP contribution in [0.25, 0.3) is 0 Å². The molecule has 4 nitrogen and oxygen atoms in total. The molecular formula is C10H13N3O. The quantitative estimate of drug-likeness (QED) is 0.704. The van der Waals surface area contributed by atoms with E-state index < -0.39 is 0 Å². The fraction of sp³-hybridized carbons (Fsp3) is 0.600. The Morgan fingerprint density at radius 1 is 1.50 bits per heavy atom. The highest BCUT2D eigenvalue weighted by Crippen LogP contribution is 2.45. The first-order chi connectivity index (χ1) is 6.74. The predicted molar refractivity (Wildman–Crippen MR) is 53.4 cm³/mol. The molecular weight excluding hydrogens is 178 g/mol. The molecule has 4 heteroatoms. The number of aromatic amines is 1. The second-order valence-corrected chi connectivity index (χ2v) is 4.38. The number of rotatable bonds is 1. The lowest BCUT2D eigenvalue weighted by Crippen LogP contribution is -2.29. The van der Waals surface area contributed by atoms with Gasteiger partial charge in [0.2, 0.25) is 0 Å². The number of aromatic nitrogens is 2. The molecule has 0 bridgehead atoms. The van der Waals surface area contributed by atoms with Gasteiger partial charge in [-0.1, -0.05) is 0 Å². The molecule has 0 amide bonds. The summed E-state index contributed by atoms with van der Waals surface area (Å²) in [5, 5.41) is 0. The highest BCUT2D eigenvalue weighted by atomic mass is 16.1. The van der Waals surface area contributed by atoms with Crippen LogP contribution in [0.15, 0.2) is 11.0 Å². The number of aryl methyl sites for hydroxylation is 1. The molecule has 3 rings (SSSR count). The van der Waals surface area contributed by atoms with Crippen molar-refractivity contribution in [2.24, 2.45) is 11.8 Å². The van der Waals surface area contributed by atoms with Crippen molar-refractivity contribution in [3.8, 4) is 0 Å². The van der Waals surface area contributed by atoms with Gasteiger partial charge < -0.3 is 9.88 Å². The van der Waals surface area contributed by atoms with Gasteiger partial charge in [0.05, 0.1) is 0 Å². The standard InChI is InChI=1S/C10H13N3O/c1-6-3-11-9(10(14)12-6)13-4-7-2-8(7)5-13/h3,7-8H,2,4-5H2,1H3,(H,12,14). The largest absolute Gasteiger partial charge is 0.351 e. The molecule has 1 saturated heterocycles. The Hall–Kier alpha value is -1.32. The Bertz CT molecular complexity index is 416. The van der Waals surface area contributed by atoms with Crippen LogP contribution < -0.4 is 10.5 Å². The minimum atomic E-state index is -0.0497. The number of H-pyrrole nitrogens is 1. The first-order valence-electron chi connectivity index (χ1n) is 5.05. The summed E-state index contributed by atoms with van der Waals surface area (Å²) in [6.45, 7) is 3.88. The molecule has 14 heavy (non-hydrogen) atoms. The Labute approximate surface area is 82.0 Å². The fourth-order valence-electron chi connectivity index (χ4n) is 2.28. The molecule has 1 aromatic heterocycles. The van der Waals surface area contributed by atoms with Crippen molar-refractivity contribution in [2.45, 2.75) is 13.3 Å². The maximum Gasteiger partial charge on any atom is 0.291 e. The van der Waals surface area contributed by atoms with Gasteiger partial charge in [-0.25, -0.2) is 4.98 Å². The summed E-state index contributed by atoms with van der Waals surface area (Å²) in [6, 6.07) is 0. The van der Waals surface area contributed by atoms with E-state index in [1.807, 2.05) is 6.92 Å². The summed E-state index contributed by atoms with van der Waals surface area (Å²) in [7, 11) is 0. The van der Waals surface area contributed by atoms with Gasteiger partial charge >= 0.3 is 0 Å². The van der Waals surface area contributed by atoms with E-state index in [9.17, 15) is 4.79 Å². The predicted octanol–water partition coefficient (Wildman–Crippen LogP) is 0.534. The zero-order valence-corrected chi connectivity index (χ0v) is 8.16. The van der Waals surface area contributed by atoms with Gasteiger partial charge in [-0.2, -0.15) is 0 Å². The van der Waals surface area contributed by atoms with Gasteiger partial charge in [0.15, 0.2) is 5.82 Å². The van der Waals surface area contributed by atoms with Crippen LogP contribution in [-0.4, -0.2) is 23.1 Å². The molecule has 2 atom stereocenters. The molecule has 74 valence electrons. The fourth-order valence-corrected chi connectivity index (χ4v) is 2.28. The van der Waals surface area contributed by atoms with E-state index in [1.54, 1.807) is 6.20 Å². The topological polar surface area (TPSA) is 49.0 Å². The van der Waals surface area contributed by atoms with Gasteiger partial charge in [0.1, 0.15) is 0 Å². The van der Waals surface area contributed by atoms with E-state index in [0.29, 0.717) is 5.82 Å². The molecule has 1 saturated carbocycles.